The van der Waals surface area contributed by atoms with Crippen molar-refractivity contribution in [1.29, 1.82) is 0 Å². The van der Waals surface area contributed by atoms with Crippen molar-refractivity contribution >= 4 is 55.5 Å². The summed E-state index contributed by atoms with van der Waals surface area (Å²) in [4.78, 5) is 12.5. The normalized spacial score (nSPS) is 11.5. The Balaban J connectivity index is 1.58. The number of nitrogens with one attached hydrogen (secondary N) is 2. The lowest BCUT2D eigenvalue weighted by molar-refractivity contribution is -0.113. The molecule has 0 bridgehead atoms. The average molecular weight is 478 g/mol. The van der Waals surface area contributed by atoms with Gasteiger partial charge in [0.1, 0.15) is 0 Å². The van der Waals surface area contributed by atoms with Gasteiger partial charge in [-0.3, -0.25) is 4.79 Å². The third-order valence-electron chi connectivity index (χ3n) is 4.27. The zero-order chi connectivity index (χ0) is 22.6. The summed E-state index contributed by atoms with van der Waals surface area (Å²) < 4.78 is 26.7. The first-order chi connectivity index (χ1) is 14.6. The summed E-state index contributed by atoms with van der Waals surface area (Å²) >= 11 is 2.62. The predicted octanol–water partition coefficient (Wildman–Crippen LogP) is 3.88. The molecule has 1 amide bonds. The van der Waals surface area contributed by atoms with Crippen LogP contribution in [0.3, 0.4) is 0 Å². The van der Waals surface area contributed by atoms with E-state index in [1.54, 1.807) is 19.1 Å². The molecule has 3 aromatic rings. The molecule has 0 unspecified atom stereocenters. The average Bonchev–Trinajstić information content (AvgIpc) is 3.17. The highest BCUT2D eigenvalue weighted by molar-refractivity contribution is 8.01. The van der Waals surface area contributed by atoms with Crippen LogP contribution in [0, 0.1) is 13.8 Å². The molecule has 31 heavy (non-hydrogen) atoms. The van der Waals surface area contributed by atoms with Crippen LogP contribution in [-0.2, 0) is 14.8 Å². The van der Waals surface area contributed by atoms with Crippen LogP contribution in [0.15, 0.2) is 51.7 Å². The lowest BCUT2D eigenvalue weighted by Gasteiger charge is -2.15. The largest absolute Gasteiger partial charge is 0.330 e. The minimum Gasteiger partial charge on any atom is -0.330 e. The highest BCUT2D eigenvalue weighted by atomic mass is 32.2. The smallest absolute Gasteiger partial charge is 0.242 e. The quantitative estimate of drug-likeness (QED) is 0.475. The number of benzene rings is 2. The van der Waals surface area contributed by atoms with Crippen LogP contribution in [0.2, 0.25) is 0 Å². The zero-order valence-electron chi connectivity index (χ0n) is 17.5. The SMILES string of the molecule is Cc1ccc(Nc2nnc(SCC(=O)Nc3ccc(C)c(S(=O)(=O)N(C)C)c3)s2)cc1. The number of hydrogen-bond acceptors (Lipinski definition) is 8. The summed E-state index contributed by atoms with van der Waals surface area (Å²) in [5.41, 5.74) is 3.13. The number of carbonyl (C=O) groups excluding carboxylic acids is 1. The molecule has 0 aliphatic carbocycles. The van der Waals surface area contributed by atoms with Crippen LogP contribution in [0.4, 0.5) is 16.5 Å². The summed E-state index contributed by atoms with van der Waals surface area (Å²) in [6.45, 7) is 3.74. The highest BCUT2D eigenvalue weighted by Gasteiger charge is 2.20. The van der Waals surface area contributed by atoms with Crippen molar-refractivity contribution in [2.45, 2.75) is 23.1 Å². The molecule has 2 aromatic carbocycles. The third-order valence-corrected chi connectivity index (χ3v) is 8.20. The number of hydrogen-bond donors (Lipinski definition) is 2. The Bertz CT molecular complexity index is 1180. The van der Waals surface area contributed by atoms with E-state index in [9.17, 15) is 13.2 Å². The molecular formula is C20H23N5O3S3. The molecule has 0 aliphatic rings. The molecule has 0 spiro atoms. The molecule has 0 saturated heterocycles. The van der Waals surface area contributed by atoms with Crippen molar-refractivity contribution < 1.29 is 13.2 Å². The first kappa shape index (κ1) is 23.2. The summed E-state index contributed by atoms with van der Waals surface area (Å²) in [6, 6.07) is 12.8. The molecular weight excluding hydrogens is 454 g/mol. The van der Waals surface area contributed by atoms with Crippen LogP contribution < -0.4 is 10.6 Å². The van der Waals surface area contributed by atoms with Crippen molar-refractivity contribution in [3.8, 4) is 0 Å². The van der Waals surface area contributed by atoms with Crippen LogP contribution in [0.1, 0.15) is 11.1 Å². The van der Waals surface area contributed by atoms with Gasteiger partial charge in [-0.2, -0.15) is 0 Å². The van der Waals surface area contributed by atoms with Gasteiger partial charge in [-0.1, -0.05) is 46.9 Å². The van der Waals surface area contributed by atoms with E-state index in [0.717, 1.165) is 9.99 Å². The fourth-order valence-corrected chi connectivity index (χ4v) is 5.27. The topological polar surface area (TPSA) is 104 Å². The number of aromatic nitrogens is 2. The molecule has 1 aromatic heterocycles. The van der Waals surface area contributed by atoms with E-state index in [4.69, 9.17) is 0 Å². The molecule has 0 fully saturated rings. The number of sulfonamides is 1. The maximum atomic E-state index is 12.4. The summed E-state index contributed by atoms with van der Waals surface area (Å²) in [6.07, 6.45) is 0. The summed E-state index contributed by atoms with van der Waals surface area (Å²) in [7, 11) is -0.648. The second kappa shape index (κ2) is 9.77. The van der Waals surface area contributed by atoms with Crippen LogP contribution in [0.25, 0.3) is 0 Å². The van der Waals surface area contributed by atoms with Gasteiger partial charge in [0.15, 0.2) is 4.34 Å². The molecule has 164 valence electrons. The highest BCUT2D eigenvalue weighted by Crippen LogP contribution is 2.28. The molecule has 8 nitrogen and oxygen atoms in total. The maximum Gasteiger partial charge on any atom is 0.242 e. The standard InChI is InChI=1S/C20H23N5O3S3/c1-13-5-8-15(9-6-13)22-19-23-24-20(30-19)29-12-18(26)21-16-10-7-14(2)17(11-16)31(27,28)25(3)4/h5-11H,12H2,1-4H3,(H,21,26)(H,22,23). The fourth-order valence-electron chi connectivity index (χ4n) is 2.56. The van der Waals surface area contributed by atoms with Gasteiger partial charge in [0.25, 0.3) is 0 Å². The van der Waals surface area contributed by atoms with Gasteiger partial charge in [-0.15, -0.1) is 10.2 Å². The van der Waals surface area contributed by atoms with E-state index in [1.165, 1.54) is 48.8 Å². The lowest BCUT2D eigenvalue weighted by atomic mass is 10.2. The molecule has 2 N–H and O–H groups in total. The first-order valence-corrected chi connectivity index (χ1v) is 12.5. The zero-order valence-corrected chi connectivity index (χ0v) is 20.0. The van der Waals surface area contributed by atoms with Gasteiger partial charge in [0.05, 0.1) is 10.6 Å². The number of aryl methyl sites for hydroxylation is 2. The minimum absolute atomic E-state index is 0.128. The fraction of sp³-hybridized carbons (Fsp3) is 0.250. The number of carbonyl (C=O) groups is 1. The van der Waals surface area contributed by atoms with Crippen LogP contribution >= 0.6 is 23.1 Å². The summed E-state index contributed by atoms with van der Waals surface area (Å²) in [5, 5.41) is 14.8. The number of nitrogens with zero attached hydrogens (tertiary/aromatic N) is 3. The van der Waals surface area contributed by atoms with Gasteiger partial charge in [-0.05, 0) is 43.7 Å². The van der Waals surface area contributed by atoms with Crippen molar-refractivity contribution in [2.24, 2.45) is 0 Å². The van der Waals surface area contributed by atoms with E-state index in [2.05, 4.69) is 20.8 Å². The van der Waals surface area contributed by atoms with Crippen molar-refractivity contribution in [3.05, 3.63) is 53.6 Å². The monoisotopic (exact) mass is 477 g/mol. The van der Waals surface area contributed by atoms with E-state index >= 15 is 0 Å². The van der Waals surface area contributed by atoms with Gasteiger partial charge < -0.3 is 10.6 Å². The second-order valence-electron chi connectivity index (χ2n) is 6.97. The van der Waals surface area contributed by atoms with Gasteiger partial charge in [0, 0.05) is 25.5 Å². The Kier molecular flexibility index (Phi) is 7.31. The van der Waals surface area contributed by atoms with E-state index in [-0.39, 0.29) is 16.6 Å². The molecule has 11 heteroatoms. The number of anilines is 3. The molecule has 0 radical (unpaired) electrons. The first-order valence-electron chi connectivity index (χ1n) is 9.28. The van der Waals surface area contributed by atoms with E-state index in [1.807, 2.05) is 31.2 Å². The van der Waals surface area contributed by atoms with Gasteiger partial charge in [-0.25, -0.2) is 12.7 Å². The third kappa shape index (κ3) is 6.03. The predicted molar refractivity (Wildman–Crippen MR) is 126 cm³/mol. The maximum absolute atomic E-state index is 12.4. The van der Waals surface area contributed by atoms with Crippen LogP contribution in [0.5, 0.6) is 0 Å². The molecule has 1 heterocycles. The Morgan fingerprint density at radius 2 is 1.74 bits per heavy atom. The van der Waals surface area contributed by atoms with Crippen molar-refractivity contribution in [1.82, 2.24) is 14.5 Å². The number of thioether (sulfide) groups is 1. The van der Waals surface area contributed by atoms with Gasteiger partial charge >= 0.3 is 0 Å². The van der Waals surface area contributed by atoms with Crippen molar-refractivity contribution in [2.75, 3.05) is 30.5 Å². The van der Waals surface area contributed by atoms with Gasteiger partial charge in [0.2, 0.25) is 21.1 Å². The second-order valence-corrected chi connectivity index (χ2v) is 11.3. The number of rotatable bonds is 8. The molecule has 0 aliphatic heterocycles. The van der Waals surface area contributed by atoms with E-state index < -0.39 is 10.0 Å². The molecule has 0 saturated carbocycles. The molecule has 3 rings (SSSR count). The Hall–Kier alpha value is -2.47. The minimum atomic E-state index is -3.59. The van der Waals surface area contributed by atoms with E-state index in [0.29, 0.717) is 20.7 Å². The Labute approximate surface area is 190 Å². The van der Waals surface area contributed by atoms with Crippen molar-refractivity contribution in [3.63, 3.8) is 0 Å². The summed E-state index contributed by atoms with van der Waals surface area (Å²) in [5.74, 6) is -0.131. The lowest BCUT2D eigenvalue weighted by Crippen LogP contribution is -2.23. The Morgan fingerprint density at radius 3 is 2.42 bits per heavy atom. The molecule has 0 atom stereocenters. The Morgan fingerprint density at radius 1 is 1.06 bits per heavy atom. The van der Waals surface area contributed by atoms with Crippen LogP contribution in [-0.4, -0.2) is 48.7 Å². The number of amides is 1.